The maximum atomic E-state index is 4.60. The molecule has 0 spiro atoms. The number of allylic oxidation sites excluding steroid dienone is 4. The van der Waals surface area contributed by atoms with Gasteiger partial charge in [0.25, 0.3) is 0 Å². The minimum atomic E-state index is 0.546. The fourth-order valence-electron chi connectivity index (χ4n) is 1.68. The Kier molecular flexibility index (Phi) is 22.8. The third-order valence-corrected chi connectivity index (χ3v) is 3.03. The van der Waals surface area contributed by atoms with Crippen LogP contribution in [-0.2, 0) is 12.8 Å². The van der Waals surface area contributed by atoms with E-state index >= 15 is 0 Å². The van der Waals surface area contributed by atoms with Gasteiger partial charge in [0.1, 0.15) is 0 Å². The molecule has 0 radical (unpaired) electrons. The van der Waals surface area contributed by atoms with Crippen LogP contribution in [0.15, 0.2) is 68.3 Å². The smallest absolute Gasteiger partial charge is 0.00297 e. The fourth-order valence-corrected chi connectivity index (χ4v) is 1.68. The highest BCUT2D eigenvalue weighted by atomic mass is 14.1. The summed E-state index contributed by atoms with van der Waals surface area (Å²) in [6.45, 7) is 26.6. The van der Waals surface area contributed by atoms with Gasteiger partial charge in [0, 0.05) is 0 Å². The van der Waals surface area contributed by atoms with E-state index in [2.05, 4.69) is 77.6 Å². The molecule has 0 bridgehead atoms. The van der Waals surface area contributed by atoms with E-state index in [1.54, 1.807) is 6.92 Å². The van der Waals surface area contributed by atoms with Crippen molar-refractivity contribution in [1.82, 2.24) is 0 Å². The van der Waals surface area contributed by atoms with Crippen LogP contribution in [0.25, 0.3) is 0 Å². The van der Waals surface area contributed by atoms with E-state index < -0.39 is 0 Å². The topological polar surface area (TPSA) is 0 Å². The molecule has 0 heteroatoms. The van der Waals surface area contributed by atoms with Crippen LogP contribution in [-0.4, -0.2) is 0 Å². The number of rotatable bonds is 6. The first-order valence-corrected chi connectivity index (χ1v) is 9.15. The predicted molar refractivity (Wildman–Crippen MR) is 124 cm³/mol. The average molecular weight is 353 g/mol. The largest absolute Gasteiger partial charge is 0.120 e. The van der Waals surface area contributed by atoms with Crippen LogP contribution in [0.5, 0.6) is 0 Å². The molecule has 1 aromatic carbocycles. The first kappa shape index (κ1) is 28.5. The summed E-state index contributed by atoms with van der Waals surface area (Å²) >= 11 is 0. The highest BCUT2D eigenvalue weighted by molar-refractivity contribution is 5.32. The lowest BCUT2D eigenvalue weighted by Crippen LogP contribution is -1.97. The van der Waals surface area contributed by atoms with Crippen LogP contribution in [0, 0.1) is 25.2 Å². The molecule has 144 valence electrons. The second-order valence-electron chi connectivity index (χ2n) is 6.36. The van der Waals surface area contributed by atoms with Gasteiger partial charge in [-0.25, -0.2) is 0 Å². The molecule has 0 saturated heterocycles. The van der Waals surface area contributed by atoms with Gasteiger partial charge < -0.3 is 0 Å². The van der Waals surface area contributed by atoms with Crippen molar-refractivity contribution >= 4 is 0 Å². The molecule has 0 N–H and O–H groups in total. The Morgan fingerprint density at radius 2 is 1.65 bits per heavy atom. The zero-order chi connectivity index (χ0) is 21.0. The lowest BCUT2D eigenvalue weighted by Gasteiger charge is -2.09. The summed E-state index contributed by atoms with van der Waals surface area (Å²) < 4.78 is 0. The van der Waals surface area contributed by atoms with Crippen LogP contribution in [0.3, 0.4) is 0 Å². The van der Waals surface area contributed by atoms with E-state index in [0.717, 1.165) is 19.3 Å². The van der Waals surface area contributed by atoms with Gasteiger partial charge in [0.15, 0.2) is 0 Å². The van der Waals surface area contributed by atoms with Crippen LogP contribution in [0.1, 0.15) is 57.7 Å². The summed E-state index contributed by atoms with van der Waals surface area (Å²) in [4.78, 5) is 0. The first-order chi connectivity index (χ1) is 12.2. The summed E-state index contributed by atoms with van der Waals surface area (Å²) in [5, 5.41) is 0. The molecule has 1 aromatic rings. The maximum absolute atomic E-state index is 4.60. The normalized spacial score (nSPS) is 9.27. The monoisotopic (exact) mass is 352 g/mol. The Labute approximate surface area is 164 Å². The van der Waals surface area contributed by atoms with Gasteiger partial charge in [-0.2, -0.15) is 0 Å². The predicted octanol–water partition coefficient (Wildman–Crippen LogP) is 7.89. The Balaban J connectivity index is -0.000000396. The zero-order valence-electron chi connectivity index (χ0n) is 18.1. The third-order valence-electron chi connectivity index (χ3n) is 3.03. The second kappa shape index (κ2) is 20.8. The average Bonchev–Trinajstić information content (AvgIpc) is 2.58. The molecule has 0 aromatic heterocycles. The minimum Gasteiger partial charge on any atom is -0.120 e. The van der Waals surface area contributed by atoms with Gasteiger partial charge >= 0.3 is 0 Å². The van der Waals surface area contributed by atoms with E-state index in [1.165, 1.54) is 22.3 Å². The maximum Gasteiger partial charge on any atom is -0.00297 e. The van der Waals surface area contributed by atoms with E-state index in [4.69, 9.17) is 0 Å². The van der Waals surface area contributed by atoms with Crippen LogP contribution in [0.4, 0.5) is 0 Å². The third kappa shape index (κ3) is 21.7. The molecule has 0 saturated carbocycles. The summed E-state index contributed by atoms with van der Waals surface area (Å²) in [5.74, 6) is 2.80. The standard InChI is InChI=1S/C15H20.2C4H8.C3H4/c1-5-7-15-11-14(9-8-13(15)4)10-12(3)6-2;1-4(2)3;1-3-4-2;1-3-2/h5-6,8-9,11-12H,1-2,7,10H2,3-4H3;1H2,2-3H3;3H,1,4H2,2H3;1H,2H3. The number of hydrogen-bond donors (Lipinski definition) is 0. The lowest BCUT2D eigenvalue weighted by molar-refractivity contribution is 0.724. The number of hydrogen-bond acceptors (Lipinski definition) is 0. The summed E-state index contributed by atoms with van der Waals surface area (Å²) in [5.41, 5.74) is 5.30. The van der Waals surface area contributed by atoms with Crippen LogP contribution in [0.2, 0.25) is 0 Å². The molecule has 0 heterocycles. The van der Waals surface area contributed by atoms with Crippen molar-refractivity contribution in [2.24, 2.45) is 5.92 Å². The molecule has 0 aliphatic carbocycles. The minimum absolute atomic E-state index is 0.546. The van der Waals surface area contributed by atoms with Crippen LogP contribution >= 0.6 is 0 Å². The quantitative estimate of drug-likeness (QED) is 0.360. The molecule has 26 heavy (non-hydrogen) atoms. The fraction of sp³-hybridized carbons (Fsp3) is 0.385. The van der Waals surface area contributed by atoms with Crippen molar-refractivity contribution in [3.05, 3.63) is 85.0 Å². The molecular formula is C26H40. The highest BCUT2D eigenvalue weighted by Gasteiger charge is 2.02. The SMILES string of the molecule is C#CC.C=C(C)C.C=CCC.C=CCc1cc(CC(C)C=C)ccc1C. The number of aryl methyl sites for hydroxylation is 1. The van der Waals surface area contributed by atoms with E-state index in [0.29, 0.717) is 5.92 Å². The highest BCUT2D eigenvalue weighted by Crippen LogP contribution is 2.15. The summed E-state index contributed by atoms with van der Waals surface area (Å²) in [6.07, 6.45) is 13.6. The van der Waals surface area contributed by atoms with Gasteiger partial charge in [0.05, 0.1) is 0 Å². The van der Waals surface area contributed by atoms with Crippen molar-refractivity contribution in [2.75, 3.05) is 0 Å². The molecule has 1 atom stereocenters. The summed E-state index contributed by atoms with van der Waals surface area (Å²) in [6, 6.07) is 6.70. The Morgan fingerprint density at radius 3 is 2.00 bits per heavy atom. The molecular weight excluding hydrogens is 312 g/mol. The molecule has 1 unspecified atom stereocenters. The Bertz CT molecular complexity index is 548. The van der Waals surface area contributed by atoms with Crippen LogP contribution < -0.4 is 0 Å². The molecule has 0 fully saturated rings. The molecule has 0 nitrogen and oxygen atoms in total. The van der Waals surface area contributed by atoms with E-state index in [9.17, 15) is 0 Å². The van der Waals surface area contributed by atoms with Gasteiger partial charge in [0.2, 0.25) is 0 Å². The van der Waals surface area contributed by atoms with Crippen molar-refractivity contribution in [3.8, 4) is 12.3 Å². The van der Waals surface area contributed by atoms with E-state index in [-0.39, 0.29) is 0 Å². The number of terminal acetylenes is 1. The molecule has 0 aliphatic heterocycles. The molecule has 0 amide bonds. The Morgan fingerprint density at radius 1 is 1.19 bits per heavy atom. The molecule has 0 aliphatic rings. The molecule has 1 rings (SSSR count). The summed E-state index contributed by atoms with van der Waals surface area (Å²) in [7, 11) is 0. The second-order valence-corrected chi connectivity index (χ2v) is 6.36. The number of benzene rings is 1. The first-order valence-electron chi connectivity index (χ1n) is 9.15. The Hall–Kier alpha value is -2.26. The van der Waals surface area contributed by atoms with Gasteiger partial charge in [-0.1, -0.05) is 55.8 Å². The van der Waals surface area contributed by atoms with Crippen molar-refractivity contribution in [2.45, 2.75) is 60.8 Å². The van der Waals surface area contributed by atoms with Gasteiger partial charge in [-0.05, 0) is 69.6 Å². The van der Waals surface area contributed by atoms with Gasteiger partial charge in [-0.15, -0.1) is 38.7 Å². The lowest BCUT2D eigenvalue weighted by atomic mass is 9.96. The van der Waals surface area contributed by atoms with Gasteiger partial charge in [-0.3, -0.25) is 0 Å². The van der Waals surface area contributed by atoms with Crippen molar-refractivity contribution in [1.29, 1.82) is 0 Å². The van der Waals surface area contributed by atoms with Crippen molar-refractivity contribution < 1.29 is 0 Å². The van der Waals surface area contributed by atoms with E-state index in [1.807, 2.05) is 32.1 Å². The van der Waals surface area contributed by atoms with Crippen molar-refractivity contribution in [3.63, 3.8) is 0 Å². The zero-order valence-corrected chi connectivity index (χ0v) is 18.1.